The van der Waals surface area contributed by atoms with Gasteiger partial charge >= 0.3 is 0 Å². The van der Waals surface area contributed by atoms with Crippen molar-refractivity contribution in [2.24, 2.45) is 0 Å². The standard InChI is InChI=1S/C22H27ClN2O2/c1-16-7-10-20(11-8-16)25-22(26)15-27-21-12-9-18(23)13-17(21)14-24-19-5-3-2-4-6-19/h7-13,19,24H,2-6,14-15H2,1H3,(H,25,26). The maximum Gasteiger partial charge on any atom is 0.262 e. The number of aryl methyl sites for hydroxylation is 1. The fourth-order valence-electron chi connectivity index (χ4n) is 3.37. The molecule has 3 rings (SSSR count). The minimum atomic E-state index is -0.181. The molecule has 0 heterocycles. The van der Waals surface area contributed by atoms with Gasteiger partial charge in [-0.25, -0.2) is 0 Å². The topological polar surface area (TPSA) is 50.4 Å². The maximum atomic E-state index is 12.2. The van der Waals surface area contributed by atoms with Gasteiger partial charge in [0.05, 0.1) is 0 Å². The Hall–Kier alpha value is -2.04. The molecule has 1 amide bonds. The SMILES string of the molecule is Cc1ccc(NC(=O)COc2ccc(Cl)cc2CNC2CCCCC2)cc1. The van der Waals surface area contributed by atoms with E-state index in [-0.39, 0.29) is 12.5 Å². The van der Waals surface area contributed by atoms with Crippen LogP contribution < -0.4 is 15.4 Å². The van der Waals surface area contributed by atoms with Gasteiger partial charge in [-0.3, -0.25) is 4.79 Å². The van der Waals surface area contributed by atoms with Gasteiger partial charge in [0, 0.05) is 28.9 Å². The summed E-state index contributed by atoms with van der Waals surface area (Å²) < 4.78 is 5.78. The average Bonchev–Trinajstić information content (AvgIpc) is 2.68. The maximum absolute atomic E-state index is 12.2. The molecule has 2 N–H and O–H groups in total. The number of nitrogens with one attached hydrogen (secondary N) is 2. The van der Waals surface area contributed by atoms with E-state index in [0.717, 1.165) is 16.8 Å². The van der Waals surface area contributed by atoms with Crippen molar-refractivity contribution >= 4 is 23.2 Å². The molecule has 0 atom stereocenters. The van der Waals surface area contributed by atoms with Crippen molar-refractivity contribution in [2.45, 2.75) is 51.6 Å². The number of amides is 1. The molecule has 0 saturated heterocycles. The molecule has 1 aliphatic carbocycles. The molecule has 0 aromatic heterocycles. The number of hydrogen-bond donors (Lipinski definition) is 2. The summed E-state index contributed by atoms with van der Waals surface area (Å²) in [5, 5.41) is 7.12. The lowest BCUT2D eigenvalue weighted by atomic mass is 9.95. The quantitative estimate of drug-likeness (QED) is 0.696. The van der Waals surface area contributed by atoms with Gasteiger partial charge in [-0.05, 0) is 50.1 Å². The van der Waals surface area contributed by atoms with E-state index in [1.165, 1.54) is 32.1 Å². The van der Waals surface area contributed by atoms with Crippen LogP contribution in [0, 0.1) is 6.92 Å². The first-order valence-corrected chi connectivity index (χ1v) is 9.99. The molecule has 0 unspecified atom stereocenters. The molecule has 2 aromatic rings. The van der Waals surface area contributed by atoms with Gasteiger partial charge in [0.15, 0.2) is 6.61 Å². The van der Waals surface area contributed by atoms with Gasteiger partial charge in [-0.1, -0.05) is 48.6 Å². The highest BCUT2D eigenvalue weighted by Gasteiger charge is 2.14. The zero-order chi connectivity index (χ0) is 19.1. The van der Waals surface area contributed by atoms with Gasteiger partial charge in [0.1, 0.15) is 5.75 Å². The Morgan fingerprint density at radius 2 is 1.85 bits per heavy atom. The molecule has 2 aromatic carbocycles. The summed E-state index contributed by atoms with van der Waals surface area (Å²) in [6.45, 7) is 2.67. The van der Waals surface area contributed by atoms with E-state index in [1.54, 1.807) is 6.07 Å². The van der Waals surface area contributed by atoms with Crippen molar-refractivity contribution in [2.75, 3.05) is 11.9 Å². The normalized spacial score (nSPS) is 14.7. The second-order valence-corrected chi connectivity index (χ2v) is 7.61. The highest BCUT2D eigenvalue weighted by molar-refractivity contribution is 6.30. The zero-order valence-electron chi connectivity index (χ0n) is 15.8. The van der Waals surface area contributed by atoms with E-state index in [1.807, 2.05) is 43.3 Å². The Morgan fingerprint density at radius 3 is 2.59 bits per heavy atom. The molecule has 27 heavy (non-hydrogen) atoms. The number of carbonyl (C=O) groups excluding carboxylic acids is 1. The number of carbonyl (C=O) groups is 1. The second kappa shape index (κ2) is 9.77. The van der Waals surface area contributed by atoms with Gasteiger partial charge in [0.25, 0.3) is 5.91 Å². The van der Waals surface area contributed by atoms with Crippen LogP contribution in [0.1, 0.15) is 43.2 Å². The molecule has 144 valence electrons. The van der Waals surface area contributed by atoms with Crippen molar-refractivity contribution in [3.63, 3.8) is 0 Å². The van der Waals surface area contributed by atoms with Gasteiger partial charge in [-0.15, -0.1) is 0 Å². The Balaban J connectivity index is 1.55. The number of benzene rings is 2. The van der Waals surface area contributed by atoms with Crippen LogP contribution in [0.5, 0.6) is 5.75 Å². The van der Waals surface area contributed by atoms with E-state index >= 15 is 0 Å². The molecule has 1 aliphatic rings. The predicted molar refractivity (Wildman–Crippen MR) is 110 cm³/mol. The summed E-state index contributed by atoms with van der Waals surface area (Å²) in [5.41, 5.74) is 2.90. The summed E-state index contributed by atoms with van der Waals surface area (Å²) >= 11 is 6.16. The fraction of sp³-hybridized carbons (Fsp3) is 0.409. The largest absolute Gasteiger partial charge is 0.483 e. The number of hydrogen-bond acceptors (Lipinski definition) is 3. The summed E-state index contributed by atoms with van der Waals surface area (Å²) in [6, 6.07) is 13.8. The first kappa shape index (κ1) is 19.7. The first-order chi connectivity index (χ1) is 13.1. The van der Waals surface area contributed by atoms with Crippen LogP contribution in [0.3, 0.4) is 0 Å². The zero-order valence-corrected chi connectivity index (χ0v) is 16.5. The number of ether oxygens (including phenoxy) is 1. The van der Waals surface area contributed by atoms with Crippen LogP contribution in [0.15, 0.2) is 42.5 Å². The van der Waals surface area contributed by atoms with E-state index in [9.17, 15) is 4.79 Å². The highest BCUT2D eigenvalue weighted by Crippen LogP contribution is 2.24. The molecule has 4 nitrogen and oxygen atoms in total. The van der Waals surface area contributed by atoms with Crippen LogP contribution in [-0.4, -0.2) is 18.6 Å². The van der Waals surface area contributed by atoms with Crippen LogP contribution in [0.2, 0.25) is 5.02 Å². The highest BCUT2D eigenvalue weighted by atomic mass is 35.5. The Morgan fingerprint density at radius 1 is 1.11 bits per heavy atom. The lowest BCUT2D eigenvalue weighted by molar-refractivity contribution is -0.118. The summed E-state index contributed by atoms with van der Waals surface area (Å²) in [7, 11) is 0. The smallest absolute Gasteiger partial charge is 0.262 e. The molecule has 1 saturated carbocycles. The summed E-state index contributed by atoms with van der Waals surface area (Å²) in [6.07, 6.45) is 6.34. The van der Waals surface area contributed by atoms with Crippen LogP contribution in [0.4, 0.5) is 5.69 Å². The van der Waals surface area contributed by atoms with Crippen LogP contribution in [0.25, 0.3) is 0 Å². The molecule has 0 bridgehead atoms. The lowest BCUT2D eigenvalue weighted by Gasteiger charge is -2.23. The van der Waals surface area contributed by atoms with Crippen LogP contribution in [-0.2, 0) is 11.3 Å². The molecular formula is C22H27ClN2O2. The minimum absolute atomic E-state index is 0.0358. The molecule has 1 fully saturated rings. The third kappa shape index (κ3) is 6.26. The monoisotopic (exact) mass is 386 g/mol. The third-order valence-electron chi connectivity index (χ3n) is 4.90. The lowest BCUT2D eigenvalue weighted by Crippen LogP contribution is -2.30. The van der Waals surface area contributed by atoms with Crippen LogP contribution >= 0.6 is 11.6 Å². The minimum Gasteiger partial charge on any atom is -0.483 e. The van der Waals surface area contributed by atoms with Gasteiger partial charge in [0.2, 0.25) is 0 Å². The predicted octanol–water partition coefficient (Wildman–Crippen LogP) is 5.09. The summed E-state index contributed by atoms with van der Waals surface area (Å²) in [5.74, 6) is 0.516. The summed E-state index contributed by atoms with van der Waals surface area (Å²) in [4.78, 5) is 12.2. The Kier molecular flexibility index (Phi) is 7.13. The van der Waals surface area contributed by atoms with Crippen molar-refractivity contribution < 1.29 is 9.53 Å². The molecular weight excluding hydrogens is 360 g/mol. The van der Waals surface area contributed by atoms with Crippen molar-refractivity contribution in [3.8, 4) is 5.75 Å². The van der Waals surface area contributed by atoms with Crippen molar-refractivity contribution in [1.29, 1.82) is 0 Å². The van der Waals surface area contributed by atoms with E-state index in [0.29, 0.717) is 23.4 Å². The first-order valence-electron chi connectivity index (χ1n) is 9.61. The third-order valence-corrected chi connectivity index (χ3v) is 5.14. The van der Waals surface area contributed by atoms with Crippen molar-refractivity contribution in [1.82, 2.24) is 5.32 Å². The number of halogens is 1. The molecule has 5 heteroatoms. The van der Waals surface area contributed by atoms with E-state index in [4.69, 9.17) is 16.3 Å². The van der Waals surface area contributed by atoms with E-state index in [2.05, 4.69) is 10.6 Å². The molecule has 0 aliphatic heterocycles. The Bertz CT molecular complexity index is 755. The number of anilines is 1. The van der Waals surface area contributed by atoms with E-state index < -0.39 is 0 Å². The number of rotatable bonds is 7. The van der Waals surface area contributed by atoms with Crippen molar-refractivity contribution in [3.05, 3.63) is 58.6 Å². The van der Waals surface area contributed by atoms with Gasteiger partial charge in [-0.2, -0.15) is 0 Å². The fourth-order valence-corrected chi connectivity index (χ4v) is 3.56. The Labute approximate surface area is 166 Å². The second-order valence-electron chi connectivity index (χ2n) is 7.17. The molecule has 0 radical (unpaired) electrons. The average molecular weight is 387 g/mol. The molecule has 0 spiro atoms. The van der Waals surface area contributed by atoms with Gasteiger partial charge < -0.3 is 15.4 Å².